The summed E-state index contributed by atoms with van der Waals surface area (Å²) in [5, 5.41) is 13.1. The molecule has 1 atom stereocenters. The number of benzene rings is 3. The lowest BCUT2D eigenvalue weighted by atomic mass is 9.91. The minimum Gasteiger partial charge on any atom is -0.508 e. The van der Waals surface area contributed by atoms with Gasteiger partial charge in [0.15, 0.2) is 11.5 Å². The predicted octanol–water partition coefficient (Wildman–Crippen LogP) is 4.76. The number of nitrogens with zero attached hydrogens (tertiary/aromatic N) is 1. The molecule has 0 saturated carbocycles. The van der Waals surface area contributed by atoms with E-state index in [9.17, 15) is 5.11 Å². The minimum absolute atomic E-state index is 0.114. The van der Waals surface area contributed by atoms with Crippen molar-refractivity contribution in [2.75, 3.05) is 34.4 Å². The molecule has 0 spiro atoms. The van der Waals surface area contributed by atoms with E-state index in [1.165, 1.54) is 0 Å². The zero-order chi connectivity index (χ0) is 20.4. The Morgan fingerprint density at radius 2 is 1.52 bits per heavy atom. The molecule has 3 aromatic rings. The number of hydrogen-bond acceptors (Lipinski definition) is 5. The van der Waals surface area contributed by atoms with Gasteiger partial charge in [-0.2, -0.15) is 0 Å². The number of phenolic OH excluding ortho intramolecular Hbond substituents is 1. The minimum atomic E-state index is -0.114. The molecule has 0 radical (unpaired) electrons. The van der Waals surface area contributed by atoms with Crippen molar-refractivity contribution >= 4 is 10.8 Å². The van der Waals surface area contributed by atoms with Crippen LogP contribution in [0.3, 0.4) is 0 Å². The highest BCUT2D eigenvalue weighted by Crippen LogP contribution is 2.45. The SMILES string of the molecule is COc1cc(C(c2c(O)ccc3ccccc23)N2CCCC2)cc(OC)c1OC. The molecule has 0 bridgehead atoms. The largest absolute Gasteiger partial charge is 0.508 e. The summed E-state index contributed by atoms with van der Waals surface area (Å²) in [4.78, 5) is 2.42. The van der Waals surface area contributed by atoms with Gasteiger partial charge in [0.1, 0.15) is 5.75 Å². The van der Waals surface area contributed by atoms with Gasteiger partial charge in [0.2, 0.25) is 5.75 Å². The Bertz CT molecular complexity index is 986. The molecular weight excluding hydrogens is 366 g/mol. The van der Waals surface area contributed by atoms with Gasteiger partial charge in [-0.1, -0.05) is 30.3 Å². The van der Waals surface area contributed by atoms with Crippen molar-refractivity contribution in [1.29, 1.82) is 0 Å². The van der Waals surface area contributed by atoms with E-state index >= 15 is 0 Å². The molecule has 4 rings (SSSR count). The number of phenols is 1. The van der Waals surface area contributed by atoms with Crippen molar-refractivity contribution in [1.82, 2.24) is 4.90 Å². The highest BCUT2D eigenvalue weighted by molar-refractivity contribution is 5.88. The second-order valence-electron chi connectivity index (χ2n) is 7.32. The number of ether oxygens (including phenoxy) is 3. The summed E-state index contributed by atoms with van der Waals surface area (Å²) in [6, 6.07) is 15.8. The second-order valence-corrected chi connectivity index (χ2v) is 7.32. The number of methoxy groups -OCH3 is 3. The Hall–Kier alpha value is -2.92. The molecule has 3 aromatic carbocycles. The molecule has 1 heterocycles. The maximum atomic E-state index is 10.9. The molecule has 0 amide bonds. The van der Waals surface area contributed by atoms with Crippen molar-refractivity contribution < 1.29 is 19.3 Å². The van der Waals surface area contributed by atoms with Crippen LogP contribution in [0.25, 0.3) is 10.8 Å². The van der Waals surface area contributed by atoms with Crippen LogP contribution in [-0.2, 0) is 0 Å². The van der Waals surface area contributed by atoms with E-state index in [0.29, 0.717) is 23.0 Å². The number of likely N-dealkylation sites (tertiary alicyclic amines) is 1. The molecule has 152 valence electrons. The Morgan fingerprint density at radius 1 is 0.862 bits per heavy atom. The maximum absolute atomic E-state index is 10.9. The number of aromatic hydroxyl groups is 1. The van der Waals surface area contributed by atoms with E-state index in [1.54, 1.807) is 27.4 Å². The second kappa shape index (κ2) is 8.21. The molecule has 0 aliphatic carbocycles. The van der Waals surface area contributed by atoms with Crippen molar-refractivity contribution in [3.8, 4) is 23.0 Å². The Labute approximate surface area is 171 Å². The molecule has 5 heteroatoms. The van der Waals surface area contributed by atoms with Crippen molar-refractivity contribution in [3.05, 3.63) is 59.7 Å². The third kappa shape index (κ3) is 3.47. The fraction of sp³-hybridized carbons (Fsp3) is 0.333. The average molecular weight is 393 g/mol. The van der Waals surface area contributed by atoms with Gasteiger partial charge in [0.25, 0.3) is 0 Å². The highest BCUT2D eigenvalue weighted by Gasteiger charge is 2.30. The van der Waals surface area contributed by atoms with E-state index in [0.717, 1.165) is 47.8 Å². The monoisotopic (exact) mass is 393 g/mol. The van der Waals surface area contributed by atoms with Gasteiger partial charge >= 0.3 is 0 Å². The van der Waals surface area contributed by atoms with Crippen LogP contribution in [0.15, 0.2) is 48.5 Å². The number of rotatable bonds is 6. The lowest BCUT2D eigenvalue weighted by molar-refractivity contribution is 0.273. The smallest absolute Gasteiger partial charge is 0.203 e. The van der Waals surface area contributed by atoms with E-state index < -0.39 is 0 Å². The van der Waals surface area contributed by atoms with Gasteiger partial charge in [-0.3, -0.25) is 4.90 Å². The number of fused-ring (bicyclic) bond motifs is 1. The van der Waals surface area contributed by atoms with Crippen molar-refractivity contribution in [2.45, 2.75) is 18.9 Å². The summed E-state index contributed by atoms with van der Waals surface area (Å²) in [6.45, 7) is 1.95. The van der Waals surface area contributed by atoms with Crippen LogP contribution in [0.4, 0.5) is 0 Å². The number of hydrogen-bond donors (Lipinski definition) is 1. The zero-order valence-electron chi connectivity index (χ0n) is 17.1. The first-order valence-electron chi connectivity index (χ1n) is 9.92. The van der Waals surface area contributed by atoms with Gasteiger partial charge in [-0.15, -0.1) is 0 Å². The molecule has 1 saturated heterocycles. The molecule has 1 fully saturated rings. The van der Waals surface area contributed by atoms with Crippen LogP contribution in [0.1, 0.15) is 30.0 Å². The summed E-state index contributed by atoms with van der Waals surface area (Å²) < 4.78 is 16.7. The molecule has 1 aliphatic heterocycles. The molecule has 1 N–H and O–H groups in total. The topological polar surface area (TPSA) is 51.2 Å². The Kier molecular flexibility index (Phi) is 5.49. The van der Waals surface area contributed by atoms with Crippen LogP contribution < -0.4 is 14.2 Å². The first kappa shape index (κ1) is 19.4. The summed E-state index contributed by atoms with van der Waals surface area (Å²) in [6.07, 6.45) is 2.29. The Balaban J connectivity index is 1.97. The van der Waals surface area contributed by atoms with Gasteiger partial charge < -0.3 is 19.3 Å². The first-order chi connectivity index (χ1) is 14.2. The Morgan fingerprint density at radius 3 is 2.14 bits per heavy atom. The maximum Gasteiger partial charge on any atom is 0.203 e. The van der Waals surface area contributed by atoms with Gasteiger partial charge in [-0.25, -0.2) is 0 Å². The first-order valence-corrected chi connectivity index (χ1v) is 9.92. The average Bonchev–Trinajstić information content (AvgIpc) is 3.29. The summed E-state index contributed by atoms with van der Waals surface area (Å²) >= 11 is 0. The molecule has 1 unspecified atom stereocenters. The predicted molar refractivity (Wildman–Crippen MR) is 114 cm³/mol. The lowest BCUT2D eigenvalue weighted by Gasteiger charge is -2.31. The molecule has 1 aliphatic rings. The summed E-state index contributed by atoms with van der Waals surface area (Å²) in [7, 11) is 4.86. The van der Waals surface area contributed by atoms with Gasteiger partial charge in [-0.05, 0) is 60.5 Å². The fourth-order valence-corrected chi connectivity index (χ4v) is 4.39. The van der Waals surface area contributed by atoms with Gasteiger partial charge in [0, 0.05) is 5.56 Å². The lowest BCUT2D eigenvalue weighted by Crippen LogP contribution is -2.27. The van der Waals surface area contributed by atoms with Crippen molar-refractivity contribution in [3.63, 3.8) is 0 Å². The highest BCUT2D eigenvalue weighted by atomic mass is 16.5. The van der Waals surface area contributed by atoms with E-state index in [-0.39, 0.29) is 6.04 Å². The summed E-state index contributed by atoms with van der Waals surface area (Å²) in [5.74, 6) is 2.10. The molecule has 5 nitrogen and oxygen atoms in total. The zero-order valence-corrected chi connectivity index (χ0v) is 17.1. The van der Waals surface area contributed by atoms with Crippen LogP contribution in [0.5, 0.6) is 23.0 Å². The van der Waals surface area contributed by atoms with Crippen LogP contribution in [0, 0.1) is 0 Å². The molecule has 29 heavy (non-hydrogen) atoms. The van der Waals surface area contributed by atoms with Crippen LogP contribution in [-0.4, -0.2) is 44.4 Å². The van der Waals surface area contributed by atoms with Crippen LogP contribution in [0.2, 0.25) is 0 Å². The van der Waals surface area contributed by atoms with Crippen LogP contribution >= 0.6 is 0 Å². The van der Waals surface area contributed by atoms with Gasteiger partial charge in [0.05, 0.1) is 27.4 Å². The van der Waals surface area contributed by atoms with E-state index in [1.807, 2.05) is 30.3 Å². The summed E-state index contributed by atoms with van der Waals surface area (Å²) in [5.41, 5.74) is 1.92. The molecular formula is C24H27NO4. The third-order valence-electron chi connectivity index (χ3n) is 5.73. The van der Waals surface area contributed by atoms with Crippen molar-refractivity contribution in [2.24, 2.45) is 0 Å². The molecule has 0 aromatic heterocycles. The van der Waals surface area contributed by atoms with E-state index in [4.69, 9.17) is 14.2 Å². The third-order valence-corrected chi connectivity index (χ3v) is 5.73. The normalized spacial score (nSPS) is 15.4. The fourth-order valence-electron chi connectivity index (χ4n) is 4.39. The van der Waals surface area contributed by atoms with E-state index in [2.05, 4.69) is 17.0 Å². The quantitative estimate of drug-likeness (QED) is 0.655. The standard InChI is InChI=1S/C24H27NO4/c1-27-20-14-17(15-21(28-2)24(20)29-3)23(25-12-6-7-13-25)22-18-9-5-4-8-16(18)10-11-19(22)26/h4-5,8-11,14-15,23,26H,6-7,12-13H2,1-3H3.